The number of ether oxygens (including phenoxy) is 5. The van der Waals surface area contributed by atoms with E-state index in [0.29, 0.717) is 24.6 Å². The van der Waals surface area contributed by atoms with Gasteiger partial charge in [-0.3, -0.25) is 14.4 Å². The number of carbonyl (C=O) groups is 3. The molecular formula is C26H30ClNO8. The minimum atomic E-state index is -1.19. The smallest absolute Gasteiger partial charge is 0.303 e. The molecule has 4 rings (SSSR count). The van der Waals surface area contributed by atoms with Gasteiger partial charge in [-0.05, 0) is 17.4 Å². The number of rotatable bonds is 7. The number of halogens is 1. The first-order chi connectivity index (χ1) is 17.2. The van der Waals surface area contributed by atoms with Crippen LogP contribution in [0.1, 0.15) is 45.6 Å². The summed E-state index contributed by atoms with van der Waals surface area (Å²) in [7, 11) is 0. The Labute approximate surface area is 214 Å². The fourth-order valence-electron chi connectivity index (χ4n) is 4.92. The topological polar surface area (TPSA) is 109 Å². The van der Waals surface area contributed by atoms with Crippen molar-refractivity contribution in [3.05, 3.63) is 35.9 Å². The highest BCUT2D eigenvalue weighted by Gasteiger charge is 2.52. The van der Waals surface area contributed by atoms with Crippen LogP contribution in [0.4, 0.5) is 5.69 Å². The summed E-state index contributed by atoms with van der Waals surface area (Å²) in [4.78, 5) is 35.9. The second kappa shape index (κ2) is 10.9. The van der Waals surface area contributed by atoms with Crippen LogP contribution in [-0.4, -0.2) is 61.0 Å². The lowest BCUT2D eigenvalue weighted by molar-refractivity contribution is -0.283. The van der Waals surface area contributed by atoms with Gasteiger partial charge < -0.3 is 29.0 Å². The Morgan fingerprint density at radius 3 is 2.19 bits per heavy atom. The predicted molar refractivity (Wildman–Crippen MR) is 132 cm³/mol. The summed E-state index contributed by atoms with van der Waals surface area (Å²) in [5, 5.41) is 5.20. The first kappa shape index (κ1) is 26.0. The normalized spacial score (nSPS) is 27.0. The van der Waals surface area contributed by atoms with Crippen LogP contribution in [-0.2, 0) is 33.3 Å². The average molecular weight is 520 g/mol. The Balaban J connectivity index is 1.77. The van der Waals surface area contributed by atoms with Gasteiger partial charge in [0, 0.05) is 56.3 Å². The molecule has 0 spiro atoms. The number of anilines is 1. The van der Waals surface area contributed by atoms with Gasteiger partial charge in [-0.15, -0.1) is 11.6 Å². The first-order valence-electron chi connectivity index (χ1n) is 11.9. The van der Waals surface area contributed by atoms with Crippen molar-refractivity contribution in [3.63, 3.8) is 0 Å². The molecule has 194 valence electrons. The van der Waals surface area contributed by atoms with Gasteiger partial charge in [-0.2, -0.15) is 0 Å². The molecule has 2 aromatic rings. The highest BCUT2D eigenvalue weighted by atomic mass is 35.5. The van der Waals surface area contributed by atoms with Crippen LogP contribution < -0.4 is 10.1 Å². The number of fused-ring (bicyclic) bond motifs is 3. The van der Waals surface area contributed by atoms with Crippen LogP contribution >= 0.6 is 11.6 Å². The second-order valence-electron chi connectivity index (χ2n) is 8.90. The van der Waals surface area contributed by atoms with Gasteiger partial charge in [0.25, 0.3) is 0 Å². The molecule has 2 aromatic carbocycles. The van der Waals surface area contributed by atoms with Crippen LogP contribution in [0.15, 0.2) is 30.3 Å². The maximum absolute atomic E-state index is 12.1. The Morgan fingerprint density at radius 2 is 1.58 bits per heavy atom. The SMILES string of the molecule is CC[C@H]1O[C@@H](Oc2cc3c(c4ccccc24)[C@H](CCl)CN3)[C@H](OC(C)=O)[C@@H](OC(C)=O)[C@H]1OC(C)=O. The highest BCUT2D eigenvalue weighted by Crippen LogP contribution is 2.43. The van der Waals surface area contributed by atoms with E-state index < -0.39 is 48.6 Å². The van der Waals surface area contributed by atoms with Crippen molar-refractivity contribution in [2.24, 2.45) is 0 Å². The summed E-state index contributed by atoms with van der Waals surface area (Å²) in [6.07, 6.45) is -4.68. The van der Waals surface area contributed by atoms with Gasteiger partial charge in [-0.25, -0.2) is 0 Å². The molecule has 1 saturated heterocycles. The first-order valence-corrected chi connectivity index (χ1v) is 12.5. The van der Waals surface area contributed by atoms with E-state index in [1.54, 1.807) is 0 Å². The molecule has 0 bridgehead atoms. The second-order valence-corrected chi connectivity index (χ2v) is 9.21. The maximum atomic E-state index is 12.1. The minimum absolute atomic E-state index is 0.155. The van der Waals surface area contributed by atoms with Crippen LogP contribution in [0.2, 0.25) is 0 Å². The van der Waals surface area contributed by atoms with E-state index in [0.717, 1.165) is 22.0 Å². The lowest BCUT2D eigenvalue weighted by Crippen LogP contribution is -2.62. The Bertz CT molecular complexity index is 1150. The monoisotopic (exact) mass is 519 g/mol. The van der Waals surface area contributed by atoms with Gasteiger partial charge in [0.2, 0.25) is 12.4 Å². The van der Waals surface area contributed by atoms with Crippen molar-refractivity contribution in [2.45, 2.75) is 70.7 Å². The molecule has 0 amide bonds. The van der Waals surface area contributed by atoms with E-state index >= 15 is 0 Å². The number of benzene rings is 2. The summed E-state index contributed by atoms with van der Waals surface area (Å²) in [5.74, 6) is -0.700. The number of alkyl halides is 1. The third-order valence-corrected chi connectivity index (χ3v) is 6.70. The maximum Gasteiger partial charge on any atom is 0.303 e. The van der Waals surface area contributed by atoms with E-state index in [1.165, 1.54) is 20.8 Å². The molecule has 2 aliphatic heterocycles. The quantitative estimate of drug-likeness (QED) is 0.331. The molecule has 0 unspecified atom stereocenters. The van der Waals surface area contributed by atoms with Gasteiger partial charge in [-0.1, -0.05) is 31.2 Å². The van der Waals surface area contributed by atoms with E-state index in [4.69, 9.17) is 35.3 Å². The lowest BCUT2D eigenvalue weighted by atomic mass is 9.95. The molecule has 9 nitrogen and oxygen atoms in total. The van der Waals surface area contributed by atoms with E-state index in [2.05, 4.69) is 5.32 Å². The summed E-state index contributed by atoms with van der Waals surface area (Å²) in [6, 6.07) is 9.66. The molecule has 0 aliphatic carbocycles. The summed E-state index contributed by atoms with van der Waals surface area (Å²) in [6.45, 7) is 6.26. The molecule has 0 saturated carbocycles. The van der Waals surface area contributed by atoms with Gasteiger partial charge in [0.15, 0.2) is 12.2 Å². The van der Waals surface area contributed by atoms with Crippen molar-refractivity contribution in [3.8, 4) is 5.75 Å². The highest BCUT2D eigenvalue weighted by molar-refractivity contribution is 6.18. The molecule has 6 atom stereocenters. The van der Waals surface area contributed by atoms with Crippen molar-refractivity contribution < 1.29 is 38.1 Å². The van der Waals surface area contributed by atoms with E-state index in [9.17, 15) is 14.4 Å². The standard InChI is InChI=1S/C26H30ClNO8/c1-5-20-23(32-13(2)29)24(33-14(3)30)25(34-15(4)31)26(35-20)36-21-10-19-22(16(11-27)12-28-19)18-9-7-6-8-17(18)21/h6-10,16,20,23-26,28H,5,11-12H2,1-4H3/t16-,20-,23+,24+,25-,26+/m1/s1. The third-order valence-electron chi connectivity index (χ3n) is 6.32. The van der Waals surface area contributed by atoms with Crippen molar-refractivity contribution in [2.75, 3.05) is 17.7 Å². The van der Waals surface area contributed by atoms with Crippen LogP contribution in [0.25, 0.3) is 10.8 Å². The van der Waals surface area contributed by atoms with E-state index in [-0.39, 0.29) is 5.92 Å². The molecule has 1 fully saturated rings. The Hall–Kier alpha value is -3.04. The molecular weight excluding hydrogens is 490 g/mol. The Kier molecular flexibility index (Phi) is 7.90. The summed E-state index contributed by atoms with van der Waals surface area (Å²) < 4.78 is 29.1. The zero-order valence-electron chi connectivity index (χ0n) is 20.6. The van der Waals surface area contributed by atoms with Crippen LogP contribution in [0.3, 0.4) is 0 Å². The predicted octanol–water partition coefficient (Wildman–Crippen LogP) is 3.90. The molecule has 36 heavy (non-hydrogen) atoms. The van der Waals surface area contributed by atoms with Gasteiger partial charge >= 0.3 is 17.9 Å². The fraction of sp³-hybridized carbons (Fsp3) is 0.500. The van der Waals surface area contributed by atoms with E-state index in [1.807, 2.05) is 37.3 Å². The molecule has 10 heteroatoms. The largest absolute Gasteiger partial charge is 0.460 e. The molecule has 2 aliphatic rings. The van der Waals surface area contributed by atoms with Crippen molar-refractivity contribution in [1.82, 2.24) is 0 Å². The number of hydrogen-bond acceptors (Lipinski definition) is 9. The zero-order valence-corrected chi connectivity index (χ0v) is 21.4. The molecule has 2 heterocycles. The zero-order chi connectivity index (χ0) is 26.0. The minimum Gasteiger partial charge on any atom is -0.460 e. The average Bonchev–Trinajstić information content (AvgIpc) is 3.25. The molecule has 0 radical (unpaired) electrons. The number of hydrogen-bond donors (Lipinski definition) is 1. The van der Waals surface area contributed by atoms with Gasteiger partial charge in [0.05, 0.1) is 0 Å². The van der Waals surface area contributed by atoms with Gasteiger partial charge in [0.1, 0.15) is 11.9 Å². The van der Waals surface area contributed by atoms with Crippen LogP contribution in [0.5, 0.6) is 5.75 Å². The number of carbonyl (C=O) groups excluding carboxylic acids is 3. The van der Waals surface area contributed by atoms with Crippen molar-refractivity contribution >= 4 is 46.0 Å². The molecule has 1 N–H and O–H groups in total. The number of nitrogens with one attached hydrogen (secondary N) is 1. The lowest BCUT2D eigenvalue weighted by Gasteiger charge is -2.44. The number of esters is 3. The third kappa shape index (κ3) is 5.22. The molecule has 0 aromatic heterocycles. The summed E-state index contributed by atoms with van der Waals surface area (Å²) in [5.41, 5.74) is 2.02. The van der Waals surface area contributed by atoms with Crippen molar-refractivity contribution in [1.29, 1.82) is 0 Å². The fourth-order valence-corrected chi connectivity index (χ4v) is 5.18. The van der Waals surface area contributed by atoms with Crippen LogP contribution in [0, 0.1) is 0 Å². The summed E-state index contributed by atoms with van der Waals surface area (Å²) >= 11 is 6.22. The Morgan fingerprint density at radius 1 is 0.972 bits per heavy atom.